The Morgan fingerprint density at radius 1 is 1.19 bits per heavy atom. The molecule has 0 atom stereocenters. The third kappa shape index (κ3) is 4.18. The van der Waals surface area contributed by atoms with Crippen LogP contribution in [-0.2, 0) is 0 Å². The van der Waals surface area contributed by atoms with E-state index < -0.39 is 0 Å². The first kappa shape index (κ1) is 17.7. The second-order valence-electron chi connectivity index (χ2n) is 6.75. The standard InChI is InChI=1S/C21H24N4O2/c26-21(23-8-4-11-25-12-9-22-10-13-25)17-15-19(20-7-3-14-27-20)24-18-6-2-1-5-16(17)18/h1-3,5-7,14-15,22H,4,8-13H2,(H,23,26). The molecule has 2 aromatic heterocycles. The van der Waals surface area contributed by atoms with Crippen LogP contribution in [0, 0.1) is 0 Å². The summed E-state index contributed by atoms with van der Waals surface area (Å²) in [6.45, 7) is 5.92. The van der Waals surface area contributed by atoms with Crippen molar-refractivity contribution in [1.82, 2.24) is 20.5 Å². The molecule has 27 heavy (non-hydrogen) atoms. The third-order valence-electron chi connectivity index (χ3n) is 4.88. The van der Waals surface area contributed by atoms with Gasteiger partial charge in [0.2, 0.25) is 0 Å². The molecule has 6 heteroatoms. The summed E-state index contributed by atoms with van der Waals surface area (Å²) < 4.78 is 5.46. The number of hydrogen-bond acceptors (Lipinski definition) is 5. The number of amides is 1. The molecule has 1 aromatic carbocycles. The van der Waals surface area contributed by atoms with Crippen molar-refractivity contribution in [3.63, 3.8) is 0 Å². The molecular formula is C21H24N4O2. The average molecular weight is 364 g/mol. The molecule has 1 saturated heterocycles. The van der Waals surface area contributed by atoms with Crippen LogP contribution in [0.15, 0.2) is 53.1 Å². The number of carbonyl (C=O) groups is 1. The SMILES string of the molecule is O=C(NCCCN1CCNCC1)c1cc(-c2ccco2)nc2ccccc12. The quantitative estimate of drug-likeness (QED) is 0.658. The Morgan fingerprint density at radius 3 is 2.85 bits per heavy atom. The lowest BCUT2D eigenvalue weighted by molar-refractivity contribution is 0.0953. The molecule has 0 aliphatic carbocycles. The Hall–Kier alpha value is -2.70. The fourth-order valence-corrected chi connectivity index (χ4v) is 3.45. The van der Waals surface area contributed by atoms with Gasteiger partial charge in [-0.15, -0.1) is 0 Å². The zero-order chi connectivity index (χ0) is 18.5. The number of rotatable bonds is 6. The van der Waals surface area contributed by atoms with Gasteiger partial charge in [0.05, 0.1) is 17.3 Å². The minimum atomic E-state index is -0.0679. The fourth-order valence-electron chi connectivity index (χ4n) is 3.45. The lowest BCUT2D eigenvalue weighted by atomic mass is 10.1. The number of aromatic nitrogens is 1. The summed E-state index contributed by atoms with van der Waals surface area (Å²) in [4.78, 5) is 19.9. The molecule has 0 unspecified atom stereocenters. The van der Waals surface area contributed by atoms with E-state index in [1.165, 1.54) is 0 Å². The van der Waals surface area contributed by atoms with Crippen LogP contribution in [-0.4, -0.2) is 55.1 Å². The molecule has 3 aromatic rings. The molecule has 6 nitrogen and oxygen atoms in total. The van der Waals surface area contributed by atoms with Crippen molar-refractivity contribution < 1.29 is 9.21 Å². The van der Waals surface area contributed by atoms with Crippen LogP contribution < -0.4 is 10.6 Å². The first-order valence-electron chi connectivity index (χ1n) is 9.46. The van der Waals surface area contributed by atoms with Gasteiger partial charge in [0, 0.05) is 38.1 Å². The number of benzene rings is 1. The Kier molecular flexibility index (Phi) is 5.46. The van der Waals surface area contributed by atoms with E-state index in [4.69, 9.17) is 4.42 Å². The number of pyridine rings is 1. The average Bonchev–Trinajstić information content (AvgIpc) is 3.26. The Bertz CT molecular complexity index is 902. The highest BCUT2D eigenvalue weighted by Gasteiger charge is 2.15. The number of para-hydroxylation sites is 1. The zero-order valence-corrected chi connectivity index (χ0v) is 15.3. The topological polar surface area (TPSA) is 70.4 Å². The van der Waals surface area contributed by atoms with Gasteiger partial charge < -0.3 is 20.0 Å². The van der Waals surface area contributed by atoms with Crippen molar-refractivity contribution in [3.05, 3.63) is 54.3 Å². The van der Waals surface area contributed by atoms with Gasteiger partial charge >= 0.3 is 0 Å². The largest absolute Gasteiger partial charge is 0.463 e. The molecule has 2 N–H and O–H groups in total. The van der Waals surface area contributed by atoms with Gasteiger partial charge in [-0.1, -0.05) is 18.2 Å². The third-order valence-corrected chi connectivity index (χ3v) is 4.88. The number of furan rings is 1. The van der Waals surface area contributed by atoms with Crippen LogP contribution in [0.3, 0.4) is 0 Å². The van der Waals surface area contributed by atoms with Crippen molar-refractivity contribution in [2.24, 2.45) is 0 Å². The summed E-state index contributed by atoms with van der Waals surface area (Å²) in [6.07, 6.45) is 2.56. The van der Waals surface area contributed by atoms with Gasteiger partial charge in [-0.05, 0) is 37.2 Å². The highest BCUT2D eigenvalue weighted by molar-refractivity contribution is 6.07. The highest BCUT2D eigenvalue weighted by Crippen LogP contribution is 2.25. The molecule has 0 bridgehead atoms. The Morgan fingerprint density at radius 2 is 2.04 bits per heavy atom. The number of carbonyl (C=O) groups excluding carboxylic acids is 1. The van der Waals surface area contributed by atoms with Crippen molar-refractivity contribution in [1.29, 1.82) is 0 Å². The van der Waals surface area contributed by atoms with Crippen molar-refractivity contribution >= 4 is 16.8 Å². The summed E-state index contributed by atoms with van der Waals surface area (Å²) in [5, 5.41) is 7.27. The maximum atomic E-state index is 12.8. The van der Waals surface area contributed by atoms with E-state index in [9.17, 15) is 4.79 Å². The van der Waals surface area contributed by atoms with Gasteiger partial charge in [0.25, 0.3) is 5.91 Å². The number of fused-ring (bicyclic) bond motifs is 1. The number of hydrogen-bond donors (Lipinski definition) is 2. The zero-order valence-electron chi connectivity index (χ0n) is 15.3. The van der Waals surface area contributed by atoms with Crippen LogP contribution in [0.2, 0.25) is 0 Å². The summed E-state index contributed by atoms with van der Waals surface area (Å²) in [6, 6.07) is 13.2. The molecule has 1 aliphatic rings. The molecule has 3 heterocycles. The summed E-state index contributed by atoms with van der Waals surface area (Å²) in [7, 11) is 0. The maximum absolute atomic E-state index is 12.8. The van der Waals surface area contributed by atoms with Gasteiger partial charge in [0.1, 0.15) is 5.69 Å². The second kappa shape index (κ2) is 8.33. The first-order chi connectivity index (χ1) is 13.3. The van der Waals surface area contributed by atoms with Crippen molar-refractivity contribution in [2.75, 3.05) is 39.3 Å². The molecule has 1 amide bonds. The molecule has 140 valence electrons. The molecule has 4 rings (SSSR count). The Labute approximate surface area is 158 Å². The lowest BCUT2D eigenvalue weighted by Crippen LogP contribution is -2.44. The van der Waals surface area contributed by atoms with Crippen molar-refractivity contribution in [3.8, 4) is 11.5 Å². The van der Waals surface area contributed by atoms with Crippen LogP contribution >= 0.6 is 0 Å². The van der Waals surface area contributed by atoms with E-state index in [0.29, 0.717) is 23.6 Å². The van der Waals surface area contributed by atoms with Crippen molar-refractivity contribution in [2.45, 2.75) is 6.42 Å². The van der Waals surface area contributed by atoms with Crippen LogP contribution in [0.25, 0.3) is 22.4 Å². The van der Waals surface area contributed by atoms with Crippen LogP contribution in [0.4, 0.5) is 0 Å². The second-order valence-corrected chi connectivity index (χ2v) is 6.75. The van der Waals surface area contributed by atoms with Gasteiger partial charge in [0.15, 0.2) is 5.76 Å². The molecule has 1 fully saturated rings. The van der Waals surface area contributed by atoms with E-state index in [2.05, 4.69) is 20.5 Å². The monoisotopic (exact) mass is 364 g/mol. The normalized spacial score (nSPS) is 15.1. The highest BCUT2D eigenvalue weighted by atomic mass is 16.3. The fraction of sp³-hybridized carbons (Fsp3) is 0.333. The van der Waals surface area contributed by atoms with E-state index in [0.717, 1.165) is 50.0 Å². The predicted molar refractivity (Wildman–Crippen MR) is 106 cm³/mol. The summed E-state index contributed by atoms with van der Waals surface area (Å²) >= 11 is 0. The van der Waals surface area contributed by atoms with E-state index >= 15 is 0 Å². The van der Waals surface area contributed by atoms with Gasteiger partial charge in [-0.25, -0.2) is 4.98 Å². The molecule has 0 spiro atoms. The van der Waals surface area contributed by atoms with Gasteiger partial charge in [-0.2, -0.15) is 0 Å². The summed E-state index contributed by atoms with van der Waals surface area (Å²) in [5.41, 5.74) is 2.09. The predicted octanol–water partition coefficient (Wildman–Crippen LogP) is 2.52. The van der Waals surface area contributed by atoms with Crippen LogP contribution in [0.5, 0.6) is 0 Å². The molecule has 1 aliphatic heterocycles. The Balaban J connectivity index is 1.47. The van der Waals surface area contributed by atoms with E-state index in [1.807, 2.05) is 42.5 Å². The number of nitrogens with zero attached hydrogens (tertiary/aromatic N) is 2. The minimum absolute atomic E-state index is 0.0679. The molecule has 0 saturated carbocycles. The maximum Gasteiger partial charge on any atom is 0.252 e. The van der Waals surface area contributed by atoms with Gasteiger partial charge in [-0.3, -0.25) is 4.79 Å². The number of nitrogens with one attached hydrogen (secondary N) is 2. The van der Waals surface area contributed by atoms with E-state index in [-0.39, 0.29) is 5.91 Å². The number of piperazine rings is 1. The van der Waals surface area contributed by atoms with E-state index in [1.54, 1.807) is 6.26 Å². The lowest BCUT2D eigenvalue weighted by Gasteiger charge is -2.27. The molecular weight excluding hydrogens is 340 g/mol. The molecule has 0 radical (unpaired) electrons. The first-order valence-corrected chi connectivity index (χ1v) is 9.46. The smallest absolute Gasteiger partial charge is 0.252 e. The summed E-state index contributed by atoms with van der Waals surface area (Å²) in [5.74, 6) is 0.593. The van der Waals surface area contributed by atoms with Crippen LogP contribution in [0.1, 0.15) is 16.8 Å². The minimum Gasteiger partial charge on any atom is -0.463 e.